The van der Waals surface area contributed by atoms with Gasteiger partial charge in [-0.15, -0.1) is 0 Å². The van der Waals surface area contributed by atoms with Gasteiger partial charge in [0, 0.05) is 12.6 Å². The SMILES string of the molecule is COc1ccccc1CC1CCCN1c1ncnc2nc[nH]c12. The second kappa shape index (κ2) is 5.87. The highest BCUT2D eigenvalue weighted by molar-refractivity contribution is 5.83. The molecule has 4 rings (SSSR count). The molecule has 1 saturated heterocycles. The number of aromatic nitrogens is 4. The van der Waals surface area contributed by atoms with Crippen molar-refractivity contribution < 1.29 is 4.74 Å². The van der Waals surface area contributed by atoms with Crippen molar-refractivity contribution in [2.24, 2.45) is 0 Å². The molecule has 1 N–H and O–H groups in total. The van der Waals surface area contributed by atoms with Gasteiger partial charge in [0.05, 0.1) is 13.4 Å². The van der Waals surface area contributed by atoms with E-state index in [1.807, 2.05) is 12.1 Å². The van der Waals surface area contributed by atoms with Crippen LogP contribution in [0.5, 0.6) is 5.75 Å². The summed E-state index contributed by atoms with van der Waals surface area (Å²) in [7, 11) is 1.73. The van der Waals surface area contributed by atoms with Crippen LogP contribution in [0.3, 0.4) is 0 Å². The quantitative estimate of drug-likeness (QED) is 0.802. The maximum Gasteiger partial charge on any atom is 0.182 e. The molecule has 3 aromatic rings. The summed E-state index contributed by atoms with van der Waals surface area (Å²) in [5, 5.41) is 0. The summed E-state index contributed by atoms with van der Waals surface area (Å²) in [5.74, 6) is 1.90. The number of hydrogen-bond acceptors (Lipinski definition) is 5. The van der Waals surface area contributed by atoms with E-state index in [1.165, 1.54) is 12.0 Å². The normalized spacial score (nSPS) is 17.8. The van der Waals surface area contributed by atoms with Crippen molar-refractivity contribution in [3.8, 4) is 5.75 Å². The average Bonchev–Trinajstić information content (AvgIpc) is 3.24. The van der Waals surface area contributed by atoms with Crippen molar-refractivity contribution in [3.63, 3.8) is 0 Å². The third-order valence-corrected chi connectivity index (χ3v) is 4.50. The first kappa shape index (κ1) is 14.0. The van der Waals surface area contributed by atoms with E-state index in [4.69, 9.17) is 4.74 Å². The summed E-state index contributed by atoms with van der Waals surface area (Å²) in [6.45, 7) is 1.00. The first-order chi connectivity index (χ1) is 11.4. The zero-order chi connectivity index (χ0) is 15.6. The Hall–Kier alpha value is -2.63. The van der Waals surface area contributed by atoms with E-state index < -0.39 is 0 Å². The molecule has 0 aliphatic carbocycles. The topological polar surface area (TPSA) is 66.9 Å². The van der Waals surface area contributed by atoms with Crippen LogP contribution in [0.2, 0.25) is 0 Å². The molecule has 2 aromatic heterocycles. The van der Waals surface area contributed by atoms with Crippen LogP contribution in [-0.2, 0) is 6.42 Å². The van der Waals surface area contributed by atoms with Gasteiger partial charge in [0.1, 0.15) is 17.6 Å². The maximum atomic E-state index is 5.49. The summed E-state index contributed by atoms with van der Waals surface area (Å²) in [5.41, 5.74) is 2.87. The van der Waals surface area contributed by atoms with Gasteiger partial charge in [-0.1, -0.05) is 18.2 Å². The van der Waals surface area contributed by atoms with E-state index in [9.17, 15) is 0 Å². The molecule has 6 heteroatoms. The molecular weight excluding hydrogens is 290 g/mol. The van der Waals surface area contributed by atoms with Gasteiger partial charge < -0.3 is 14.6 Å². The number of fused-ring (bicyclic) bond motifs is 1. The predicted octanol–water partition coefficient (Wildman–Crippen LogP) is 2.57. The Morgan fingerprint density at radius 3 is 3.09 bits per heavy atom. The van der Waals surface area contributed by atoms with Crippen LogP contribution >= 0.6 is 0 Å². The molecule has 0 bridgehead atoms. The smallest absolute Gasteiger partial charge is 0.182 e. The number of anilines is 1. The van der Waals surface area contributed by atoms with Gasteiger partial charge in [-0.25, -0.2) is 15.0 Å². The molecule has 0 saturated carbocycles. The van der Waals surface area contributed by atoms with Gasteiger partial charge >= 0.3 is 0 Å². The van der Waals surface area contributed by atoms with Crippen molar-refractivity contribution in [2.45, 2.75) is 25.3 Å². The molecule has 118 valence electrons. The average molecular weight is 309 g/mol. The Balaban J connectivity index is 1.65. The second-order valence-corrected chi connectivity index (χ2v) is 5.80. The third-order valence-electron chi connectivity index (χ3n) is 4.50. The van der Waals surface area contributed by atoms with Gasteiger partial charge in [-0.3, -0.25) is 0 Å². The number of nitrogens with one attached hydrogen (secondary N) is 1. The van der Waals surface area contributed by atoms with Crippen LogP contribution in [-0.4, -0.2) is 39.6 Å². The summed E-state index contributed by atoms with van der Waals surface area (Å²) in [6.07, 6.45) is 6.53. The second-order valence-electron chi connectivity index (χ2n) is 5.80. The Kier molecular flexibility index (Phi) is 3.57. The molecule has 1 fully saturated rings. The molecule has 1 atom stereocenters. The number of H-pyrrole nitrogens is 1. The largest absolute Gasteiger partial charge is 0.496 e. The lowest BCUT2D eigenvalue weighted by molar-refractivity contribution is 0.408. The lowest BCUT2D eigenvalue weighted by Crippen LogP contribution is -2.32. The van der Waals surface area contributed by atoms with Crippen LogP contribution in [0.1, 0.15) is 18.4 Å². The molecule has 1 aromatic carbocycles. The number of hydrogen-bond donors (Lipinski definition) is 1. The molecule has 23 heavy (non-hydrogen) atoms. The number of methoxy groups -OCH3 is 1. The zero-order valence-electron chi connectivity index (χ0n) is 13.1. The fraction of sp³-hybridized carbons (Fsp3) is 0.353. The minimum Gasteiger partial charge on any atom is -0.496 e. The number of nitrogens with zero attached hydrogens (tertiary/aromatic N) is 4. The van der Waals surface area contributed by atoms with Gasteiger partial charge in [-0.05, 0) is 30.9 Å². The lowest BCUT2D eigenvalue weighted by Gasteiger charge is -2.26. The summed E-state index contributed by atoms with van der Waals surface area (Å²) < 4.78 is 5.49. The van der Waals surface area contributed by atoms with Crippen LogP contribution < -0.4 is 9.64 Å². The third kappa shape index (κ3) is 2.50. The minimum absolute atomic E-state index is 0.410. The van der Waals surface area contributed by atoms with Crippen molar-refractivity contribution in [3.05, 3.63) is 42.5 Å². The first-order valence-electron chi connectivity index (χ1n) is 7.89. The van der Waals surface area contributed by atoms with Crippen molar-refractivity contribution in [2.75, 3.05) is 18.6 Å². The minimum atomic E-state index is 0.410. The molecule has 1 aliphatic rings. The van der Waals surface area contributed by atoms with E-state index in [1.54, 1.807) is 19.8 Å². The number of para-hydroxylation sites is 1. The Morgan fingerprint density at radius 1 is 1.26 bits per heavy atom. The van der Waals surface area contributed by atoms with E-state index in [2.05, 4.69) is 37.0 Å². The number of benzene rings is 1. The Labute approximate surface area is 134 Å². The van der Waals surface area contributed by atoms with Crippen molar-refractivity contribution >= 4 is 17.0 Å². The molecular formula is C17H19N5O. The van der Waals surface area contributed by atoms with Crippen LogP contribution in [0, 0.1) is 0 Å². The first-order valence-corrected chi connectivity index (χ1v) is 7.89. The van der Waals surface area contributed by atoms with Crippen LogP contribution in [0.25, 0.3) is 11.2 Å². The Bertz CT molecular complexity index is 815. The number of rotatable bonds is 4. The van der Waals surface area contributed by atoms with Gasteiger partial charge in [0.25, 0.3) is 0 Å². The number of imidazole rings is 1. The molecule has 6 nitrogen and oxygen atoms in total. The molecule has 0 amide bonds. The fourth-order valence-electron chi connectivity index (χ4n) is 3.42. The van der Waals surface area contributed by atoms with Crippen molar-refractivity contribution in [1.82, 2.24) is 19.9 Å². The highest BCUT2D eigenvalue weighted by Gasteiger charge is 2.28. The highest BCUT2D eigenvalue weighted by Crippen LogP contribution is 2.31. The van der Waals surface area contributed by atoms with Crippen LogP contribution in [0.4, 0.5) is 5.82 Å². The molecule has 3 heterocycles. The van der Waals surface area contributed by atoms with Gasteiger partial charge in [-0.2, -0.15) is 0 Å². The predicted molar refractivity (Wildman–Crippen MR) is 88.7 cm³/mol. The molecule has 1 aliphatic heterocycles. The van der Waals surface area contributed by atoms with E-state index in [-0.39, 0.29) is 0 Å². The number of ether oxygens (including phenoxy) is 1. The molecule has 1 unspecified atom stereocenters. The van der Waals surface area contributed by atoms with Gasteiger partial charge in [0.15, 0.2) is 11.5 Å². The molecule has 0 radical (unpaired) electrons. The van der Waals surface area contributed by atoms with Gasteiger partial charge in [0.2, 0.25) is 0 Å². The molecule has 0 spiro atoms. The highest BCUT2D eigenvalue weighted by atomic mass is 16.5. The lowest BCUT2D eigenvalue weighted by atomic mass is 10.0. The van der Waals surface area contributed by atoms with Crippen LogP contribution in [0.15, 0.2) is 36.9 Å². The maximum absolute atomic E-state index is 5.49. The standard InChI is InChI=1S/C17H19N5O/c1-23-14-7-3-2-5-12(14)9-13-6-4-8-22(13)17-15-16(19-10-18-15)20-11-21-17/h2-3,5,7,10-11,13H,4,6,8-9H2,1H3,(H,18,19,20,21). The van der Waals surface area contributed by atoms with Crippen molar-refractivity contribution in [1.29, 1.82) is 0 Å². The Morgan fingerprint density at radius 2 is 2.17 bits per heavy atom. The zero-order valence-corrected chi connectivity index (χ0v) is 13.1. The monoisotopic (exact) mass is 309 g/mol. The summed E-state index contributed by atoms with van der Waals surface area (Å²) >= 11 is 0. The van der Waals surface area contributed by atoms with E-state index >= 15 is 0 Å². The number of aromatic amines is 1. The summed E-state index contributed by atoms with van der Waals surface area (Å²) in [4.78, 5) is 18.5. The van der Waals surface area contributed by atoms with E-state index in [0.717, 1.165) is 42.1 Å². The fourth-order valence-corrected chi connectivity index (χ4v) is 3.42. The summed E-state index contributed by atoms with van der Waals surface area (Å²) in [6, 6.07) is 8.64. The van der Waals surface area contributed by atoms with E-state index in [0.29, 0.717) is 6.04 Å².